The zero-order valence-corrected chi connectivity index (χ0v) is 8.27. The van der Waals surface area contributed by atoms with Gasteiger partial charge >= 0.3 is 0 Å². The molecular formula is C11H12OS. The smallest absolute Gasteiger partial charge is 0.130 e. The van der Waals surface area contributed by atoms with Crippen molar-refractivity contribution in [3.8, 4) is 0 Å². The number of carbonyl (C=O) groups excluding carboxylic acids is 1. The molecule has 0 fully saturated rings. The fourth-order valence-electron chi connectivity index (χ4n) is 1.77. The van der Waals surface area contributed by atoms with Gasteiger partial charge < -0.3 is 4.79 Å². The van der Waals surface area contributed by atoms with Crippen LogP contribution in [0.2, 0.25) is 0 Å². The number of hydrogen-bond acceptors (Lipinski definition) is 2. The number of rotatable bonds is 3. The lowest BCUT2D eigenvalue weighted by Gasteiger charge is -2.01. The van der Waals surface area contributed by atoms with Crippen molar-refractivity contribution < 1.29 is 4.79 Å². The first-order valence-electron chi connectivity index (χ1n) is 4.58. The maximum absolute atomic E-state index is 10.2. The summed E-state index contributed by atoms with van der Waals surface area (Å²) in [7, 11) is 0. The van der Waals surface area contributed by atoms with E-state index in [9.17, 15) is 4.79 Å². The van der Waals surface area contributed by atoms with Gasteiger partial charge in [0.25, 0.3) is 0 Å². The zero-order chi connectivity index (χ0) is 9.10. The molecular weight excluding hydrogens is 180 g/mol. The summed E-state index contributed by atoms with van der Waals surface area (Å²) >= 11 is 1.62. The molecule has 0 spiro atoms. The largest absolute Gasteiger partial charge is 0.302 e. The van der Waals surface area contributed by atoms with E-state index in [1.807, 2.05) is 0 Å². The van der Waals surface area contributed by atoms with Crippen LogP contribution in [0.1, 0.15) is 17.5 Å². The minimum atomic E-state index is 0.568. The fraction of sp³-hybridized carbons (Fsp3) is 0.364. The summed E-state index contributed by atoms with van der Waals surface area (Å²) in [5.74, 6) is 0.568. The van der Waals surface area contributed by atoms with Crippen LogP contribution in [0, 0.1) is 0 Å². The molecule has 0 aromatic heterocycles. The third-order valence-corrected chi connectivity index (χ3v) is 3.28. The van der Waals surface area contributed by atoms with E-state index >= 15 is 0 Å². The summed E-state index contributed by atoms with van der Waals surface area (Å²) in [6.45, 7) is 0. The summed E-state index contributed by atoms with van der Waals surface area (Å²) in [6.07, 6.45) is 4.69. The van der Waals surface area contributed by atoms with Gasteiger partial charge in [-0.2, -0.15) is 0 Å². The molecule has 0 unspecified atom stereocenters. The van der Waals surface area contributed by atoms with Crippen LogP contribution in [0.15, 0.2) is 23.1 Å². The van der Waals surface area contributed by atoms with Crippen LogP contribution in [0.25, 0.3) is 0 Å². The van der Waals surface area contributed by atoms with Gasteiger partial charge in [0.1, 0.15) is 6.29 Å². The van der Waals surface area contributed by atoms with Gasteiger partial charge in [0.2, 0.25) is 0 Å². The van der Waals surface area contributed by atoms with E-state index < -0.39 is 0 Å². The maximum Gasteiger partial charge on any atom is 0.130 e. The standard InChI is InChI=1S/C11H12OS/c12-6-7-13-11-5-4-9-2-1-3-10(9)8-11/h4-6,8H,1-3,7H2. The summed E-state index contributed by atoms with van der Waals surface area (Å²) in [6, 6.07) is 6.56. The lowest BCUT2D eigenvalue weighted by Crippen LogP contribution is -1.84. The van der Waals surface area contributed by atoms with Gasteiger partial charge in [-0.15, -0.1) is 11.8 Å². The molecule has 0 atom stereocenters. The lowest BCUT2D eigenvalue weighted by atomic mass is 10.1. The summed E-state index contributed by atoms with van der Waals surface area (Å²) in [4.78, 5) is 11.4. The highest BCUT2D eigenvalue weighted by Gasteiger charge is 2.10. The first-order valence-corrected chi connectivity index (χ1v) is 5.57. The van der Waals surface area contributed by atoms with E-state index in [-0.39, 0.29) is 0 Å². The Morgan fingerprint density at radius 3 is 3.00 bits per heavy atom. The molecule has 1 aromatic carbocycles. The van der Waals surface area contributed by atoms with Gasteiger partial charge in [-0.05, 0) is 42.5 Å². The number of hydrogen-bond donors (Lipinski definition) is 0. The SMILES string of the molecule is O=CCSc1ccc2c(c1)CCC2. The molecule has 13 heavy (non-hydrogen) atoms. The first kappa shape index (κ1) is 8.82. The Morgan fingerprint density at radius 2 is 2.15 bits per heavy atom. The van der Waals surface area contributed by atoms with Gasteiger partial charge in [0.15, 0.2) is 0 Å². The van der Waals surface area contributed by atoms with Crippen LogP contribution < -0.4 is 0 Å². The number of aldehydes is 1. The minimum absolute atomic E-state index is 0.568. The lowest BCUT2D eigenvalue weighted by molar-refractivity contribution is -0.105. The highest BCUT2D eigenvalue weighted by molar-refractivity contribution is 7.99. The predicted octanol–water partition coefficient (Wildman–Crippen LogP) is 2.47. The van der Waals surface area contributed by atoms with Gasteiger partial charge in [0.05, 0.1) is 5.75 Å². The van der Waals surface area contributed by atoms with Crippen molar-refractivity contribution in [2.45, 2.75) is 24.2 Å². The van der Waals surface area contributed by atoms with Crippen molar-refractivity contribution >= 4 is 18.0 Å². The number of carbonyl (C=O) groups is 1. The van der Waals surface area contributed by atoms with E-state index in [0.717, 1.165) is 6.29 Å². The molecule has 2 rings (SSSR count). The third kappa shape index (κ3) is 1.94. The molecule has 0 radical (unpaired) electrons. The molecule has 1 aliphatic carbocycles. The highest BCUT2D eigenvalue weighted by Crippen LogP contribution is 2.26. The summed E-state index contributed by atoms with van der Waals surface area (Å²) in [5, 5.41) is 0. The van der Waals surface area contributed by atoms with Crippen LogP contribution in [0.4, 0.5) is 0 Å². The topological polar surface area (TPSA) is 17.1 Å². The van der Waals surface area contributed by atoms with E-state index in [0.29, 0.717) is 5.75 Å². The average molecular weight is 192 g/mol. The first-order chi connectivity index (χ1) is 6.40. The molecule has 0 N–H and O–H groups in total. The number of aryl methyl sites for hydroxylation is 2. The Hall–Kier alpha value is -0.760. The summed E-state index contributed by atoms with van der Waals surface area (Å²) in [5.41, 5.74) is 2.98. The Bertz CT molecular complexity index is 320. The fourth-order valence-corrected chi connectivity index (χ4v) is 2.42. The van der Waals surface area contributed by atoms with E-state index in [4.69, 9.17) is 0 Å². The van der Waals surface area contributed by atoms with Crippen molar-refractivity contribution in [1.29, 1.82) is 0 Å². The normalized spacial score (nSPS) is 14.2. The van der Waals surface area contributed by atoms with Crippen molar-refractivity contribution in [3.63, 3.8) is 0 Å². The van der Waals surface area contributed by atoms with Crippen molar-refractivity contribution in [3.05, 3.63) is 29.3 Å². The molecule has 0 aliphatic heterocycles. The Kier molecular flexibility index (Phi) is 2.69. The van der Waals surface area contributed by atoms with Gasteiger partial charge in [-0.25, -0.2) is 0 Å². The second-order valence-corrected chi connectivity index (χ2v) is 4.36. The zero-order valence-electron chi connectivity index (χ0n) is 7.45. The van der Waals surface area contributed by atoms with Crippen molar-refractivity contribution in [1.82, 2.24) is 0 Å². The Balaban J connectivity index is 2.16. The second kappa shape index (κ2) is 3.97. The number of fused-ring (bicyclic) bond motifs is 1. The number of benzene rings is 1. The average Bonchev–Trinajstić information content (AvgIpc) is 2.61. The molecule has 0 amide bonds. The van der Waals surface area contributed by atoms with Crippen LogP contribution in [-0.2, 0) is 17.6 Å². The van der Waals surface area contributed by atoms with Crippen LogP contribution in [0.3, 0.4) is 0 Å². The van der Waals surface area contributed by atoms with Gasteiger partial charge in [-0.1, -0.05) is 6.07 Å². The highest BCUT2D eigenvalue weighted by atomic mass is 32.2. The molecule has 0 bridgehead atoms. The van der Waals surface area contributed by atoms with Crippen LogP contribution in [-0.4, -0.2) is 12.0 Å². The third-order valence-electron chi connectivity index (χ3n) is 2.39. The van der Waals surface area contributed by atoms with Crippen LogP contribution >= 0.6 is 11.8 Å². The van der Waals surface area contributed by atoms with Gasteiger partial charge in [-0.3, -0.25) is 0 Å². The molecule has 1 aliphatic rings. The molecule has 0 heterocycles. The van der Waals surface area contributed by atoms with Crippen molar-refractivity contribution in [2.24, 2.45) is 0 Å². The molecule has 1 aromatic rings. The molecule has 1 nitrogen and oxygen atoms in total. The quantitative estimate of drug-likeness (QED) is 0.540. The van der Waals surface area contributed by atoms with E-state index in [1.165, 1.54) is 35.3 Å². The maximum atomic E-state index is 10.2. The Labute approximate surface area is 82.5 Å². The second-order valence-electron chi connectivity index (χ2n) is 3.26. The van der Waals surface area contributed by atoms with Gasteiger partial charge in [0, 0.05) is 4.90 Å². The molecule has 0 saturated carbocycles. The van der Waals surface area contributed by atoms with E-state index in [2.05, 4.69) is 18.2 Å². The molecule has 0 saturated heterocycles. The summed E-state index contributed by atoms with van der Waals surface area (Å²) < 4.78 is 0. The van der Waals surface area contributed by atoms with Crippen LogP contribution in [0.5, 0.6) is 0 Å². The number of thioether (sulfide) groups is 1. The molecule has 68 valence electrons. The monoisotopic (exact) mass is 192 g/mol. The Morgan fingerprint density at radius 1 is 1.31 bits per heavy atom. The molecule has 2 heteroatoms. The minimum Gasteiger partial charge on any atom is -0.302 e. The van der Waals surface area contributed by atoms with Crippen molar-refractivity contribution in [2.75, 3.05) is 5.75 Å². The van der Waals surface area contributed by atoms with E-state index in [1.54, 1.807) is 11.8 Å². The predicted molar refractivity (Wildman–Crippen MR) is 55.3 cm³/mol.